The molecule has 0 aromatic carbocycles. The average molecular weight is 459 g/mol. The van der Waals surface area contributed by atoms with Crippen LogP contribution in [0.25, 0.3) is 17.0 Å². The molecule has 0 saturated heterocycles. The van der Waals surface area contributed by atoms with Crippen LogP contribution in [0.15, 0.2) is 18.3 Å². The largest absolute Gasteiger partial charge is 0.493 e. The van der Waals surface area contributed by atoms with Crippen molar-refractivity contribution in [3.05, 3.63) is 35.5 Å². The molecule has 0 aliphatic carbocycles. The lowest BCUT2D eigenvalue weighted by molar-refractivity contribution is -0.284. The van der Waals surface area contributed by atoms with Crippen LogP contribution in [0.1, 0.15) is 31.7 Å². The maximum atomic E-state index is 13.8. The third-order valence-electron chi connectivity index (χ3n) is 5.28. The van der Waals surface area contributed by atoms with Crippen molar-refractivity contribution in [1.82, 2.24) is 19.4 Å². The van der Waals surface area contributed by atoms with Crippen molar-refractivity contribution in [3.8, 4) is 17.4 Å². The van der Waals surface area contributed by atoms with Gasteiger partial charge in [-0.25, -0.2) is 14.4 Å². The number of alkyl halides is 5. The number of nitrogens with zero attached hydrogens (tertiary/aromatic N) is 4. The van der Waals surface area contributed by atoms with Gasteiger partial charge in [0, 0.05) is 19.0 Å². The van der Waals surface area contributed by atoms with E-state index in [4.69, 9.17) is 0 Å². The number of aromatic hydroxyl groups is 1. The minimum absolute atomic E-state index is 0.0101. The third kappa shape index (κ3) is 3.31. The maximum absolute atomic E-state index is 13.8. The molecule has 1 aliphatic heterocycles. The van der Waals surface area contributed by atoms with Gasteiger partial charge in [0.05, 0.1) is 16.5 Å². The molecule has 7 nitrogen and oxygen atoms in total. The van der Waals surface area contributed by atoms with Gasteiger partial charge in [0.15, 0.2) is 5.82 Å². The van der Waals surface area contributed by atoms with Crippen LogP contribution in [-0.2, 0) is 16.6 Å². The molecule has 3 aromatic heterocycles. The molecule has 0 atom stereocenters. The van der Waals surface area contributed by atoms with E-state index in [1.54, 1.807) is 13.8 Å². The summed E-state index contributed by atoms with van der Waals surface area (Å²) in [4.78, 5) is 24.3. The van der Waals surface area contributed by atoms with Crippen LogP contribution in [0.3, 0.4) is 0 Å². The molecule has 4 heterocycles. The highest BCUT2D eigenvalue weighted by atomic mass is 19.4. The number of anilines is 1. The van der Waals surface area contributed by atoms with Gasteiger partial charge in [-0.15, -0.1) is 0 Å². The summed E-state index contributed by atoms with van der Waals surface area (Å²) in [5.41, 5.74) is -0.955. The second kappa shape index (κ2) is 6.81. The molecule has 4 rings (SSSR count). The number of carbonyl (C=O) groups excluding carboxylic acids is 1. The summed E-state index contributed by atoms with van der Waals surface area (Å²) in [5.74, 6) is -7.22. The fourth-order valence-corrected chi connectivity index (χ4v) is 3.47. The first-order valence-electron chi connectivity index (χ1n) is 9.27. The molecule has 1 aliphatic rings. The first-order valence-corrected chi connectivity index (χ1v) is 9.27. The van der Waals surface area contributed by atoms with Crippen molar-refractivity contribution in [2.45, 2.75) is 44.2 Å². The number of aromatic nitrogens is 4. The number of rotatable bonds is 4. The molecule has 0 unspecified atom stereocenters. The monoisotopic (exact) mass is 459 g/mol. The van der Waals surface area contributed by atoms with Gasteiger partial charge in [-0.1, -0.05) is 0 Å². The predicted octanol–water partition coefficient (Wildman–Crippen LogP) is 4.00. The number of halogens is 6. The highest BCUT2D eigenvalue weighted by Gasteiger charge is 2.56. The van der Waals surface area contributed by atoms with Crippen LogP contribution in [0, 0.1) is 5.82 Å². The van der Waals surface area contributed by atoms with Crippen molar-refractivity contribution < 1.29 is 36.2 Å². The van der Waals surface area contributed by atoms with E-state index in [0.29, 0.717) is 0 Å². The van der Waals surface area contributed by atoms with Crippen molar-refractivity contribution >= 4 is 17.2 Å². The van der Waals surface area contributed by atoms with Crippen LogP contribution >= 0.6 is 0 Å². The van der Waals surface area contributed by atoms with Crippen molar-refractivity contribution in [2.75, 3.05) is 5.32 Å². The van der Waals surface area contributed by atoms with E-state index in [2.05, 4.69) is 20.3 Å². The van der Waals surface area contributed by atoms with Crippen LogP contribution < -0.4 is 5.32 Å². The Balaban J connectivity index is 1.81. The molecule has 0 fully saturated rings. The second-order valence-electron chi connectivity index (χ2n) is 7.85. The van der Waals surface area contributed by atoms with Gasteiger partial charge in [0.1, 0.15) is 23.2 Å². The van der Waals surface area contributed by atoms with Gasteiger partial charge in [-0.05, 0) is 26.0 Å². The minimum atomic E-state index is -5.74. The number of aryl methyl sites for hydroxylation is 1. The number of pyridine rings is 1. The van der Waals surface area contributed by atoms with Crippen LogP contribution in [0.4, 0.5) is 32.2 Å². The van der Waals surface area contributed by atoms with E-state index in [1.807, 2.05) is 0 Å². The molecule has 2 N–H and O–H groups in total. The number of nitrogens with one attached hydrogen (secondary N) is 1. The van der Waals surface area contributed by atoms with E-state index in [-0.39, 0.29) is 34.2 Å². The highest BCUT2D eigenvalue weighted by Crippen LogP contribution is 2.42. The summed E-state index contributed by atoms with van der Waals surface area (Å²) >= 11 is 0. The lowest BCUT2D eigenvalue weighted by Crippen LogP contribution is -2.36. The zero-order chi connectivity index (χ0) is 23.6. The molecular weight excluding hydrogens is 444 g/mol. The van der Waals surface area contributed by atoms with Crippen molar-refractivity contribution in [3.63, 3.8) is 0 Å². The standard InChI is InChI=1S/C19H15F6N5O2/c1-17(2)11-13(29-16(17)32)27-14(28-15(11)31)12-9-4-3-8(20)7-30(9)10(26-12)5-6-18(21,22)19(23,24)25/h3-4,7H,5-6H2,1-2H3,(H2,27,28,29,31,32). The van der Waals surface area contributed by atoms with Gasteiger partial charge in [0.25, 0.3) is 0 Å². The topological polar surface area (TPSA) is 92.4 Å². The Hall–Kier alpha value is -3.38. The van der Waals surface area contributed by atoms with Gasteiger partial charge in [-0.3, -0.25) is 4.79 Å². The summed E-state index contributed by atoms with van der Waals surface area (Å²) in [5, 5.41) is 12.9. The number of carbonyl (C=O) groups is 1. The number of amides is 1. The summed E-state index contributed by atoms with van der Waals surface area (Å²) in [6.45, 7) is 3.09. The molecule has 3 aromatic rings. The minimum Gasteiger partial charge on any atom is -0.493 e. The molecular formula is C19H15F6N5O2. The van der Waals surface area contributed by atoms with E-state index in [9.17, 15) is 36.2 Å². The summed E-state index contributed by atoms with van der Waals surface area (Å²) in [7, 11) is 0. The van der Waals surface area contributed by atoms with Crippen molar-refractivity contribution in [2.24, 2.45) is 0 Å². The fraction of sp³-hybridized carbons (Fsp3) is 0.368. The number of fused-ring (bicyclic) bond motifs is 2. The van der Waals surface area contributed by atoms with Crippen LogP contribution in [-0.4, -0.2) is 42.5 Å². The normalized spacial score (nSPS) is 15.8. The van der Waals surface area contributed by atoms with E-state index < -0.39 is 48.0 Å². The predicted molar refractivity (Wildman–Crippen MR) is 98.8 cm³/mol. The molecule has 0 saturated carbocycles. The quantitative estimate of drug-likeness (QED) is 0.576. The molecule has 0 bridgehead atoms. The Bertz CT molecular complexity index is 1250. The summed E-state index contributed by atoms with van der Waals surface area (Å²) in [6, 6.07) is 2.26. The summed E-state index contributed by atoms with van der Waals surface area (Å²) < 4.78 is 79.2. The molecule has 1 amide bonds. The molecule has 170 valence electrons. The number of hydrogen-bond acceptors (Lipinski definition) is 5. The number of hydrogen-bond donors (Lipinski definition) is 2. The summed E-state index contributed by atoms with van der Waals surface area (Å²) in [6.07, 6.45) is -7.30. The Labute approximate surface area is 176 Å². The van der Waals surface area contributed by atoms with E-state index in [0.717, 1.165) is 16.7 Å². The molecule has 0 radical (unpaired) electrons. The Morgan fingerprint density at radius 2 is 1.81 bits per heavy atom. The lowest BCUT2D eigenvalue weighted by atomic mass is 9.87. The van der Waals surface area contributed by atoms with Crippen LogP contribution in [0.2, 0.25) is 0 Å². The van der Waals surface area contributed by atoms with Crippen molar-refractivity contribution in [1.29, 1.82) is 0 Å². The van der Waals surface area contributed by atoms with Gasteiger partial charge in [-0.2, -0.15) is 26.9 Å². The lowest BCUT2D eigenvalue weighted by Gasteiger charge is -2.18. The molecule has 0 spiro atoms. The Morgan fingerprint density at radius 1 is 1.12 bits per heavy atom. The third-order valence-corrected chi connectivity index (χ3v) is 5.28. The highest BCUT2D eigenvalue weighted by molar-refractivity contribution is 6.05. The van der Waals surface area contributed by atoms with E-state index >= 15 is 0 Å². The maximum Gasteiger partial charge on any atom is 0.453 e. The van der Waals surface area contributed by atoms with Gasteiger partial charge < -0.3 is 14.8 Å². The second-order valence-corrected chi connectivity index (χ2v) is 7.85. The van der Waals surface area contributed by atoms with Crippen LogP contribution in [0.5, 0.6) is 5.88 Å². The fourth-order valence-electron chi connectivity index (χ4n) is 3.47. The zero-order valence-electron chi connectivity index (χ0n) is 16.6. The zero-order valence-corrected chi connectivity index (χ0v) is 16.6. The van der Waals surface area contributed by atoms with E-state index in [1.165, 1.54) is 6.07 Å². The first kappa shape index (κ1) is 21.8. The molecule has 32 heavy (non-hydrogen) atoms. The Morgan fingerprint density at radius 3 is 2.47 bits per heavy atom. The smallest absolute Gasteiger partial charge is 0.453 e. The Kier molecular flexibility index (Phi) is 4.65. The average Bonchev–Trinajstić information content (AvgIpc) is 3.13. The number of imidazole rings is 1. The van der Waals surface area contributed by atoms with Gasteiger partial charge >= 0.3 is 12.1 Å². The molecule has 13 heteroatoms. The SMILES string of the molecule is CC1(C)C(=O)Nc2nc(-c3nc(CCC(F)(F)C(F)(F)F)n4cc(F)ccc34)nc(O)c21. The van der Waals surface area contributed by atoms with Gasteiger partial charge in [0.2, 0.25) is 11.8 Å². The first-order chi connectivity index (χ1) is 14.7.